The van der Waals surface area contributed by atoms with E-state index in [2.05, 4.69) is 39.8 Å². The highest BCUT2D eigenvalue weighted by molar-refractivity contribution is 5.79. The molecule has 104 valence electrons. The van der Waals surface area contributed by atoms with Crippen molar-refractivity contribution in [2.45, 2.75) is 59.9 Å². The first-order valence-corrected chi connectivity index (χ1v) is 7.23. The highest BCUT2D eigenvalue weighted by Crippen LogP contribution is 2.41. The molecule has 0 aliphatic carbocycles. The average molecular weight is 251 g/mol. The van der Waals surface area contributed by atoms with E-state index in [9.17, 15) is 4.79 Å². The molecule has 1 amide bonds. The second-order valence-corrected chi connectivity index (χ2v) is 6.42. The Morgan fingerprint density at radius 2 is 2.11 bits per heavy atom. The summed E-state index contributed by atoms with van der Waals surface area (Å²) in [5.41, 5.74) is 0.290. The first kappa shape index (κ1) is 15.3. The largest absolute Gasteiger partial charge is 0.342 e. The number of carbonyl (C=O) groups is 1. The summed E-state index contributed by atoms with van der Waals surface area (Å²) in [5, 5.41) is 0. The van der Waals surface area contributed by atoms with Crippen LogP contribution in [0.3, 0.4) is 0 Å². The summed E-state index contributed by atoms with van der Waals surface area (Å²) < 4.78 is 0. The first-order chi connectivity index (χ1) is 8.35. The number of hydrogen-bond donors (Lipinski definition) is 0. The quantitative estimate of drug-likeness (QED) is 0.679. The van der Waals surface area contributed by atoms with Crippen LogP contribution in [0.2, 0.25) is 0 Å². The van der Waals surface area contributed by atoms with Crippen molar-refractivity contribution in [1.29, 1.82) is 0 Å². The van der Waals surface area contributed by atoms with Gasteiger partial charge in [0.2, 0.25) is 5.91 Å². The van der Waals surface area contributed by atoms with E-state index in [1.165, 1.54) is 12.8 Å². The topological polar surface area (TPSA) is 20.3 Å². The van der Waals surface area contributed by atoms with Crippen molar-refractivity contribution >= 4 is 5.91 Å². The number of rotatable bonds is 5. The van der Waals surface area contributed by atoms with Gasteiger partial charge in [0.25, 0.3) is 0 Å². The zero-order valence-electron chi connectivity index (χ0n) is 12.9. The highest BCUT2D eigenvalue weighted by atomic mass is 16.2. The Kier molecular flexibility index (Phi) is 5.01. The Morgan fingerprint density at radius 3 is 2.61 bits per heavy atom. The minimum Gasteiger partial charge on any atom is -0.342 e. The van der Waals surface area contributed by atoms with Gasteiger partial charge in [-0.25, -0.2) is 0 Å². The van der Waals surface area contributed by atoms with Gasteiger partial charge in [0, 0.05) is 25.4 Å². The summed E-state index contributed by atoms with van der Waals surface area (Å²) in [6.07, 6.45) is 7.40. The molecule has 0 N–H and O–H groups in total. The molecule has 0 aromatic rings. The molecule has 1 saturated heterocycles. The second kappa shape index (κ2) is 5.90. The van der Waals surface area contributed by atoms with Gasteiger partial charge in [-0.3, -0.25) is 4.79 Å². The standard InChI is InChI=1S/C16H29NO/c1-7-9-13-11-14(18)17(6)15(13)12(3)16(4,5)10-8-2/h7,9,12-13,15H,8,10-11H2,1-6H3/b9-7-/t12-,13-,15+/m1/s1. The summed E-state index contributed by atoms with van der Waals surface area (Å²) in [6.45, 7) is 11.3. The van der Waals surface area contributed by atoms with Crippen molar-refractivity contribution in [1.82, 2.24) is 4.90 Å². The molecule has 1 aliphatic heterocycles. The fraction of sp³-hybridized carbons (Fsp3) is 0.812. The van der Waals surface area contributed by atoms with E-state index in [0.29, 0.717) is 30.2 Å². The minimum atomic E-state index is 0.290. The van der Waals surface area contributed by atoms with Crippen molar-refractivity contribution in [3.63, 3.8) is 0 Å². The maximum absolute atomic E-state index is 12.0. The van der Waals surface area contributed by atoms with Crippen molar-refractivity contribution < 1.29 is 4.79 Å². The lowest BCUT2D eigenvalue weighted by Gasteiger charge is -2.40. The molecule has 0 aromatic carbocycles. The van der Waals surface area contributed by atoms with Crippen LogP contribution < -0.4 is 0 Å². The molecule has 1 rings (SSSR count). The third kappa shape index (κ3) is 2.96. The number of amides is 1. The molecule has 2 heteroatoms. The van der Waals surface area contributed by atoms with Gasteiger partial charge < -0.3 is 4.90 Å². The third-order valence-corrected chi connectivity index (χ3v) is 4.77. The van der Waals surface area contributed by atoms with Crippen LogP contribution in [-0.2, 0) is 4.79 Å². The van der Waals surface area contributed by atoms with E-state index in [1.807, 2.05) is 18.9 Å². The van der Waals surface area contributed by atoms with Crippen molar-refractivity contribution in [3.8, 4) is 0 Å². The lowest BCUT2D eigenvalue weighted by Crippen LogP contribution is -2.43. The SMILES string of the molecule is C/C=C\[C@@H]1CC(=O)N(C)[C@H]1[C@@H](C)C(C)(C)CCC. The van der Waals surface area contributed by atoms with Crippen LogP contribution >= 0.6 is 0 Å². The molecule has 1 heterocycles. The van der Waals surface area contributed by atoms with Crippen LogP contribution in [0.15, 0.2) is 12.2 Å². The Hall–Kier alpha value is -0.790. The van der Waals surface area contributed by atoms with Crippen LogP contribution in [0, 0.1) is 17.3 Å². The molecule has 0 unspecified atom stereocenters. The van der Waals surface area contributed by atoms with E-state index in [0.717, 1.165) is 0 Å². The Labute approximate surface area is 112 Å². The molecular formula is C16H29NO. The average Bonchev–Trinajstić information content (AvgIpc) is 2.54. The summed E-state index contributed by atoms with van der Waals surface area (Å²) >= 11 is 0. The molecule has 3 atom stereocenters. The first-order valence-electron chi connectivity index (χ1n) is 7.23. The van der Waals surface area contributed by atoms with Gasteiger partial charge in [-0.2, -0.15) is 0 Å². The molecular weight excluding hydrogens is 222 g/mol. The summed E-state index contributed by atoms with van der Waals surface area (Å²) in [4.78, 5) is 13.9. The molecule has 2 nitrogen and oxygen atoms in total. The van der Waals surface area contributed by atoms with Crippen molar-refractivity contribution in [2.75, 3.05) is 7.05 Å². The fourth-order valence-electron chi connectivity index (χ4n) is 3.39. The van der Waals surface area contributed by atoms with Gasteiger partial charge in [0.1, 0.15) is 0 Å². The predicted octanol–water partition coefficient (Wildman–Crippen LogP) is 3.87. The van der Waals surface area contributed by atoms with Crippen LogP contribution in [0.5, 0.6) is 0 Å². The molecule has 0 saturated carbocycles. The molecule has 0 aromatic heterocycles. The van der Waals surface area contributed by atoms with E-state index in [4.69, 9.17) is 0 Å². The van der Waals surface area contributed by atoms with E-state index >= 15 is 0 Å². The molecule has 18 heavy (non-hydrogen) atoms. The molecule has 1 fully saturated rings. The van der Waals surface area contributed by atoms with Crippen LogP contribution in [0.25, 0.3) is 0 Å². The summed E-state index contributed by atoms with van der Waals surface area (Å²) in [6, 6.07) is 0.357. The molecule has 0 radical (unpaired) electrons. The predicted molar refractivity (Wildman–Crippen MR) is 77.3 cm³/mol. The number of hydrogen-bond acceptors (Lipinski definition) is 1. The maximum atomic E-state index is 12.0. The molecule has 0 spiro atoms. The van der Waals surface area contributed by atoms with Crippen LogP contribution in [0.1, 0.15) is 53.9 Å². The normalized spacial score (nSPS) is 27.2. The number of nitrogens with zero attached hydrogens (tertiary/aromatic N) is 1. The van der Waals surface area contributed by atoms with E-state index in [1.54, 1.807) is 0 Å². The van der Waals surface area contributed by atoms with E-state index in [-0.39, 0.29) is 5.41 Å². The zero-order chi connectivity index (χ0) is 13.9. The number of likely N-dealkylation sites (tertiary alicyclic amines) is 1. The smallest absolute Gasteiger partial charge is 0.223 e. The fourth-order valence-corrected chi connectivity index (χ4v) is 3.39. The van der Waals surface area contributed by atoms with Crippen molar-refractivity contribution in [3.05, 3.63) is 12.2 Å². The number of allylic oxidation sites excluding steroid dienone is 1. The van der Waals surface area contributed by atoms with Gasteiger partial charge in [0.05, 0.1) is 0 Å². The Morgan fingerprint density at radius 1 is 1.50 bits per heavy atom. The van der Waals surface area contributed by atoms with Gasteiger partial charge in [-0.05, 0) is 24.7 Å². The lowest BCUT2D eigenvalue weighted by molar-refractivity contribution is -0.128. The highest BCUT2D eigenvalue weighted by Gasteiger charge is 2.43. The van der Waals surface area contributed by atoms with Gasteiger partial charge in [0.15, 0.2) is 0 Å². The zero-order valence-corrected chi connectivity index (χ0v) is 12.9. The van der Waals surface area contributed by atoms with Crippen LogP contribution in [0.4, 0.5) is 0 Å². The monoisotopic (exact) mass is 251 g/mol. The van der Waals surface area contributed by atoms with Gasteiger partial charge >= 0.3 is 0 Å². The second-order valence-electron chi connectivity index (χ2n) is 6.42. The van der Waals surface area contributed by atoms with Crippen LogP contribution in [-0.4, -0.2) is 23.9 Å². The maximum Gasteiger partial charge on any atom is 0.223 e. The Bertz CT molecular complexity index is 319. The summed E-state index contributed by atoms with van der Waals surface area (Å²) in [5.74, 6) is 1.20. The van der Waals surface area contributed by atoms with Gasteiger partial charge in [-0.15, -0.1) is 0 Å². The van der Waals surface area contributed by atoms with Gasteiger partial charge in [-0.1, -0.05) is 46.3 Å². The van der Waals surface area contributed by atoms with Crippen molar-refractivity contribution in [2.24, 2.45) is 17.3 Å². The lowest BCUT2D eigenvalue weighted by atomic mass is 9.70. The molecule has 1 aliphatic rings. The van der Waals surface area contributed by atoms with E-state index < -0.39 is 0 Å². The number of carbonyl (C=O) groups excluding carboxylic acids is 1. The third-order valence-electron chi connectivity index (χ3n) is 4.77. The Balaban J connectivity index is 2.93. The molecule has 0 bridgehead atoms. The summed E-state index contributed by atoms with van der Waals surface area (Å²) in [7, 11) is 1.97. The minimum absolute atomic E-state index is 0.290.